The number of nitrogens with zero attached hydrogens (tertiary/aromatic N) is 3. The van der Waals surface area contributed by atoms with E-state index in [0.717, 1.165) is 46.8 Å². The Morgan fingerprint density at radius 3 is 2.68 bits per heavy atom. The molecular formula is C23H27N5O2S. The van der Waals surface area contributed by atoms with E-state index in [1.165, 1.54) is 11.8 Å². The third-order valence-corrected chi connectivity index (χ3v) is 6.58. The van der Waals surface area contributed by atoms with Gasteiger partial charge >= 0.3 is 0 Å². The maximum absolute atomic E-state index is 13.4. The number of methoxy groups -OCH3 is 1. The fourth-order valence-corrected chi connectivity index (χ4v) is 4.72. The van der Waals surface area contributed by atoms with E-state index in [4.69, 9.17) is 4.74 Å². The fraction of sp³-hybridized carbons (Fsp3) is 0.348. The Labute approximate surface area is 186 Å². The summed E-state index contributed by atoms with van der Waals surface area (Å²) in [6, 6.07) is 13.6. The molecule has 0 saturated heterocycles. The minimum absolute atomic E-state index is 0.0710. The van der Waals surface area contributed by atoms with Gasteiger partial charge in [-0.2, -0.15) is 0 Å². The van der Waals surface area contributed by atoms with Crippen molar-refractivity contribution in [3.63, 3.8) is 0 Å². The van der Waals surface area contributed by atoms with Gasteiger partial charge in [0.2, 0.25) is 11.1 Å². The zero-order valence-electron chi connectivity index (χ0n) is 18.2. The van der Waals surface area contributed by atoms with Crippen molar-refractivity contribution in [2.75, 3.05) is 17.9 Å². The first-order valence-electron chi connectivity index (χ1n) is 10.4. The van der Waals surface area contributed by atoms with E-state index in [-0.39, 0.29) is 11.9 Å². The molecule has 1 aliphatic heterocycles. The normalized spacial score (nSPS) is 17.5. The van der Waals surface area contributed by atoms with Gasteiger partial charge in [-0.05, 0) is 55.2 Å². The molecule has 0 radical (unpaired) electrons. The van der Waals surface area contributed by atoms with Crippen LogP contribution in [0.3, 0.4) is 0 Å². The molecule has 4 rings (SSSR count). The highest BCUT2D eigenvalue weighted by Crippen LogP contribution is 2.38. The average molecular weight is 438 g/mol. The maximum atomic E-state index is 13.4. The van der Waals surface area contributed by atoms with Crippen molar-refractivity contribution in [1.29, 1.82) is 0 Å². The van der Waals surface area contributed by atoms with Gasteiger partial charge in [0.25, 0.3) is 0 Å². The average Bonchev–Trinajstić information content (AvgIpc) is 3.17. The van der Waals surface area contributed by atoms with E-state index in [9.17, 15) is 4.79 Å². The van der Waals surface area contributed by atoms with Gasteiger partial charge in [-0.1, -0.05) is 43.0 Å². The summed E-state index contributed by atoms with van der Waals surface area (Å²) in [5.74, 6) is 1.58. The van der Waals surface area contributed by atoms with Crippen LogP contribution in [0.1, 0.15) is 41.9 Å². The smallest absolute Gasteiger partial charge is 0.240 e. The predicted octanol–water partition coefficient (Wildman–Crippen LogP) is 4.25. The molecule has 31 heavy (non-hydrogen) atoms. The monoisotopic (exact) mass is 437 g/mol. The number of hydrogen-bond donors (Lipinski definition) is 2. The Morgan fingerprint density at radius 2 is 1.97 bits per heavy atom. The molecule has 1 aliphatic rings. The molecule has 2 atom stereocenters. The van der Waals surface area contributed by atoms with Crippen LogP contribution in [0.5, 0.6) is 5.75 Å². The number of aryl methyl sites for hydroxylation is 3. The molecule has 1 amide bonds. The minimum Gasteiger partial charge on any atom is -0.497 e. The Morgan fingerprint density at radius 1 is 1.19 bits per heavy atom. The number of hydrogen-bond acceptors (Lipinski definition) is 6. The van der Waals surface area contributed by atoms with E-state index in [0.29, 0.717) is 5.16 Å². The molecule has 2 N–H and O–H groups in total. The summed E-state index contributed by atoms with van der Waals surface area (Å²) in [5.41, 5.74) is 7.46. The SMILES string of the molecule is CCCc1nnc2n1N[C@H](c1ccc(OC)cc1)[C@@H](C(=O)Nc1cc(C)ccc1C)S2. The Balaban J connectivity index is 1.67. The second kappa shape index (κ2) is 9.01. The van der Waals surface area contributed by atoms with Crippen LogP contribution in [-0.2, 0) is 11.2 Å². The van der Waals surface area contributed by atoms with Crippen molar-refractivity contribution in [2.45, 2.75) is 50.1 Å². The number of nitrogens with one attached hydrogen (secondary N) is 2. The predicted molar refractivity (Wildman–Crippen MR) is 123 cm³/mol. The number of rotatable bonds is 6. The van der Waals surface area contributed by atoms with Gasteiger partial charge in [0.05, 0.1) is 13.2 Å². The van der Waals surface area contributed by atoms with Crippen molar-refractivity contribution < 1.29 is 9.53 Å². The molecule has 2 heterocycles. The van der Waals surface area contributed by atoms with E-state index in [1.807, 2.05) is 61.0 Å². The van der Waals surface area contributed by atoms with Crippen molar-refractivity contribution >= 4 is 23.4 Å². The molecule has 0 aliphatic carbocycles. The molecule has 0 saturated carbocycles. The number of aromatic nitrogens is 3. The summed E-state index contributed by atoms with van der Waals surface area (Å²) in [6.07, 6.45) is 1.78. The number of amides is 1. The number of anilines is 1. The van der Waals surface area contributed by atoms with Crippen molar-refractivity contribution in [2.24, 2.45) is 0 Å². The van der Waals surface area contributed by atoms with Crippen LogP contribution in [0.2, 0.25) is 0 Å². The van der Waals surface area contributed by atoms with Crippen LogP contribution < -0.4 is 15.5 Å². The van der Waals surface area contributed by atoms with Crippen LogP contribution in [0.4, 0.5) is 5.69 Å². The zero-order valence-corrected chi connectivity index (χ0v) is 19.0. The van der Waals surface area contributed by atoms with Gasteiger partial charge in [0.15, 0.2) is 5.82 Å². The Bertz CT molecular complexity index is 1080. The van der Waals surface area contributed by atoms with Gasteiger partial charge in [-0.3, -0.25) is 4.79 Å². The molecule has 8 heteroatoms. The molecule has 1 aromatic heterocycles. The quantitative estimate of drug-likeness (QED) is 0.600. The van der Waals surface area contributed by atoms with E-state index < -0.39 is 5.25 Å². The van der Waals surface area contributed by atoms with E-state index in [1.54, 1.807) is 7.11 Å². The standard InChI is InChI=1S/C23H27N5O2S/c1-5-6-19-25-26-23-28(19)27-20(16-9-11-17(30-4)12-10-16)21(31-23)22(29)24-18-13-14(2)7-8-15(18)3/h7-13,20-21,27H,5-6H2,1-4H3,(H,24,29)/t20-,21+/m1/s1. The zero-order chi connectivity index (χ0) is 22.0. The highest BCUT2D eigenvalue weighted by atomic mass is 32.2. The summed E-state index contributed by atoms with van der Waals surface area (Å²) in [5, 5.41) is 12.0. The second-order valence-electron chi connectivity index (χ2n) is 7.71. The van der Waals surface area contributed by atoms with Gasteiger partial charge in [-0.15, -0.1) is 10.2 Å². The van der Waals surface area contributed by atoms with Crippen molar-refractivity contribution in [3.8, 4) is 5.75 Å². The Hall–Kier alpha value is -3.00. The summed E-state index contributed by atoms with van der Waals surface area (Å²) >= 11 is 1.44. The summed E-state index contributed by atoms with van der Waals surface area (Å²) in [4.78, 5) is 13.4. The number of ether oxygens (including phenoxy) is 1. The number of carbonyl (C=O) groups excluding carboxylic acids is 1. The molecule has 7 nitrogen and oxygen atoms in total. The lowest BCUT2D eigenvalue weighted by Gasteiger charge is -2.33. The first kappa shape index (κ1) is 21.2. The van der Waals surface area contributed by atoms with Gasteiger partial charge < -0.3 is 15.5 Å². The first-order valence-corrected chi connectivity index (χ1v) is 11.3. The van der Waals surface area contributed by atoms with Crippen LogP contribution in [-0.4, -0.2) is 33.1 Å². The molecule has 162 valence electrons. The molecule has 0 bridgehead atoms. The largest absolute Gasteiger partial charge is 0.497 e. The molecule has 2 aromatic carbocycles. The number of benzene rings is 2. The third-order valence-electron chi connectivity index (χ3n) is 5.36. The van der Waals surface area contributed by atoms with Crippen LogP contribution in [0.15, 0.2) is 47.6 Å². The van der Waals surface area contributed by atoms with E-state index >= 15 is 0 Å². The fourth-order valence-electron chi connectivity index (χ4n) is 3.62. The van der Waals surface area contributed by atoms with Gasteiger partial charge in [0.1, 0.15) is 11.0 Å². The highest BCUT2D eigenvalue weighted by Gasteiger charge is 2.38. The van der Waals surface area contributed by atoms with Crippen molar-refractivity contribution in [1.82, 2.24) is 14.9 Å². The molecule has 0 unspecified atom stereocenters. The lowest BCUT2D eigenvalue weighted by molar-refractivity contribution is -0.116. The summed E-state index contributed by atoms with van der Waals surface area (Å²) in [6.45, 7) is 6.12. The topological polar surface area (TPSA) is 81.1 Å². The minimum atomic E-state index is -0.417. The molecular weight excluding hydrogens is 410 g/mol. The highest BCUT2D eigenvalue weighted by molar-refractivity contribution is 8.00. The van der Waals surface area contributed by atoms with Crippen LogP contribution in [0.25, 0.3) is 0 Å². The van der Waals surface area contributed by atoms with Gasteiger partial charge in [0, 0.05) is 12.1 Å². The molecule has 0 spiro atoms. The van der Waals surface area contributed by atoms with E-state index in [2.05, 4.69) is 27.9 Å². The lowest BCUT2D eigenvalue weighted by Crippen LogP contribution is -2.41. The molecule has 3 aromatic rings. The number of thioether (sulfide) groups is 1. The van der Waals surface area contributed by atoms with Crippen LogP contribution in [0, 0.1) is 13.8 Å². The second-order valence-corrected chi connectivity index (χ2v) is 8.82. The van der Waals surface area contributed by atoms with Crippen LogP contribution >= 0.6 is 11.8 Å². The lowest BCUT2D eigenvalue weighted by atomic mass is 10.0. The molecule has 0 fully saturated rings. The van der Waals surface area contributed by atoms with Gasteiger partial charge in [-0.25, -0.2) is 4.68 Å². The Kier molecular flexibility index (Phi) is 6.18. The first-order chi connectivity index (χ1) is 15.0. The third kappa shape index (κ3) is 4.39. The summed E-state index contributed by atoms with van der Waals surface area (Å²) < 4.78 is 7.22. The number of fused-ring (bicyclic) bond motifs is 1. The maximum Gasteiger partial charge on any atom is 0.240 e. The summed E-state index contributed by atoms with van der Waals surface area (Å²) in [7, 11) is 1.64. The number of carbonyl (C=O) groups is 1. The van der Waals surface area contributed by atoms with Crippen molar-refractivity contribution in [3.05, 3.63) is 65.0 Å².